The van der Waals surface area contributed by atoms with E-state index in [1.165, 1.54) is 45.6 Å². The van der Waals surface area contributed by atoms with Gasteiger partial charge in [-0.2, -0.15) is 0 Å². The lowest BCUT2D eigenvalue weighted by atomic mass is 9.43. The summed E-state index contributed by atoms with van der Waals surface area (Å²) >= 11 is 0. The first-order valence-corrected chi connectivity index (χ1v) is 13.9. The number of ether oxygens (including phenoxy) is 1. The third-order valence-electron chi connectivity index (χ3n) is 11.8. The fraction of sp³-hybridized carbons (Fsp3) is 0.966. The number of carbonyl (C=O) groups is 1. The van der Waals surface area contributed by atoms with E-state index in [-0.39, 0.29) is 5.97 Å². The molecule has 4 aliphatic rings. The summed E-state index contributed by atoms with van der Waals surface area (Å²) < 4.78 is 4.86. The normalized spacial score (nSPS) is 49.0. The maximum Gasteiger partial charge on any atom is 0.305 e. The molecule has 10 atom stereocenters. The summed E-state index contributed by atoms with van der Waals surface area (Å²) in [6.07, 6.45) is 13.8. The lowest BCUT2D eigenvalue weighted by Crippen LogP contribution is -2.56. The minimum absolute atomic E-state index is 0.0614. The van der Waals surface area contributed by atoms with Crippen LogP contribution in [-0.4, -0.2) is 23.8 Å². The van der Waals surface area contributed by atoms with Crippen molar-refractivity contribution in [2.24, 2.45) is 52.3 Å². The Labute approximate surface area is 197 Å². The van der Waals surface area contributed by atoms with Crippen LogP contribution in [0.5, 0.6) is 0 Å². The molecule has 3 heteroatoms. The van der Waals surface area contributed by atoms with Crippen LogP contribution in [0.4, 0.5) is 0 Å². The number of hydrogen-bond acceptors (Lipinski definition) is 3. The van der Waals surface area contributed by atoms with Gasteiger partial charge >= 0.3 is 5.97 Å². The van der Waals surface area contributed by atoms with Gasteiger partial charge in [-0.25, -0.2) is 0 Å². The second-order valence-electron chi connectivity index (χ2n) is 13.2. The molecule has 0 radical (unpaired) electrons. The minimum atomic E-state index is -0.396. The van der Waals surface area contributed by atoms with Crippen molar-refractivity contribution in [2.45, 2.75) is 117 Å². The van der Waals surface area contributed by atoms with Crippen molar-refractivity contribution in [3.05, 3.63) is 0 Å². The van der Waals surface area contributed by atoms with E-state index < -0.39 is 5.60 Å². The van der Waals surface area contributed by atoms with Gasteiger partial charge in [-0.1, -0.05) is 34.6 Å². The first kappa shape index (κ1) is 24.6. The van der Waals surface area contributed by atoms with Crippen LogP contribution in [0.25, 0.3) is 0 Å². The van der Waals surface area contributed by atoms with Gasteiger partial charge in [-0.3, -0.25) is 4.79 Å². The van der Waals surface area contributed by atoms with Crippen LogP contribution in [0.15, 0.2) is 0 Å². The Morgan fingerprint density at radius 1 is 1.09 bits per heavy atom. The van der Waals surface area contributed by atoms with Gasteiger partial charge in [0.1, 0.15) is 0 Å². The molecule has 0 bridgehead atoms. The number of hydrogen-bond donors (Lipinski definition) is 1. The maximum atomic E-state index is 11.6. The van der Waals surface area contributed by atoms with Gasteiger partial charge in [-0.15, -0.1) is 0 Å². The zero-order chi connectivity index (χ0) is 23.3. The Hall–Kier alpha value is -0.570. The third kappa shape index (κ3) is 3.97. The average Bonchev–Trinajstić information content (AvgIpc) is 3.04. The fourth-order valence-electron chi connectivity index (χ4n) is 10.1. The van der Waals surface area contributed by atoms with Crippen LogP contribution in [0.3, 0.4) is 0 Å². The molecule has 4 aliphatic carbocycles. The Balaban J connectivity index is 1.48. The topological polar surface area (TPSA) is 46.5 Å². The average molecular weight is 447 g/mol. The minimum Gasteiger partial charge on any atom is -0.469 e. The second-order valence-corrected chi connectivity index (χ2v) is 13.2. The standard InChI is InChI=1S/C29H50O3/c1-7-29(31)16-15-27(4)21(18-29)11-12-22-23(27)13-14-28(5)24(22)17-20(3)26(28)19(2)9-8-10-25(30)32-6/h19-24,26,31H,7-18H2,1-6H3/t19-,20-,21+,22-,23+,24+,26+,27+,28+,29+/m1/s1. The highest BCUT2D eigenvalue weighted by atomic mass is 16.5. The van der Waals surface area contributed by atoms with Crippen LogP contribution < -0.4 is 0 Å². The summed E-state index contributed by atoms with van der Waals surface area (Å²) in [5.74, 6) is 5.54. The molecule has 0 aliphatic heterocycles. The number of rotatable bonds is 6. The van der Waals surface area contributed by atoms with E-state index in [9.17, 15) is 9.90 Å². The summed E-state index contributed by atoms with van der Waals surface area (Å²) in [5, 5.41) is 11.0. The molecule has 4 fully saturated rings. The summed E-state index contributed by atoms with van der Waals surface area (Å²) in [4.78, 5) is 11.6. The Bertz CT molecular complexity index is 690. The highest BCUT2D eigenvalue weighted by molar-refractivity contribution is 5.68. The van der Waals surface area contributed by atoms with Crippen LogP contribution in [0, 0.1) is 52.3 Å². The van der Waals surface area contributed by atoms with Crippen molar-refractivity contribution < 1.29 is 14.6 Å². The summed E-state index contributed by atoms with van der Waals surface area (Å²) in [5.41, 5.74) is 0.513. The van der Waals surface area contributed by atoms with Crippen molar-refractivity contribution in [1.29, 1.82) is 0 Å². The Morgan fingerprint density at radius 3 is 2.53 bits per heavy atom. The van der Waals surface area contributed by atoms with E-state index in [0.29, 0.717) is 23.2 Å². The predicted octanol–water partition coefficient (Wildman–Crippen LogP) is 7.01. The molecule has 32 heavy (non-hydrogen) atoms. The number of carbonyl (C=O) groups excluding carboxylic acids is 1. The van der Waals surface area contributed by atoms with Gasteiger partial charge in [0.25, 0.3) is 0 Å². The van der Waals surface area contributed by atoms with Crippen molar-refractivity contribution >= 4 is 5.97 Å². The Kier molecular flexibility index (Phi) is 6.83. The molecule has 0 aromatic heterocycles. The van der Waals surface area contributed by atoms with Gasteiger partial charge in [0.15, 0.2) is 0 Å². The van der Waals surface area contributed by atoms with Gasteiger partial charge < -0.3 is 9.84 Å². The van der Waals surface area contributed by atoms with Crippen LogP contribution >= 0.6 is 0 Å². The molecule has 3 nitrogen and oxygen atoms in total. The van der Waals surface area contributed by atoms with Gasteiger partial charge in [0.05, 0.1) is 12.7 Å². The SMILES string of the molecule is CC[C@]1(O)CC[C@@]2(C)[C@@H](CC[C@@H]3[C@@H]2CC[C@]2(C)[C@@H]([C@H](C)CCCC(=O)OC)[C@H](C)C[C@@H]32)C1. The smallest absolute Gasteiger partial charge is 0.305 e. The van der Waals surface area contributed by atoms with Crippen LogP contribution in [-0.2, 0) is 9.53 Å². The quantitative estimate of drug-likeness (QED) is 0.446. The molecule has 0 aromatic carbocycles. The number of fused-ring (bicyclic) bond motifs is 5. The lowest BCUT2D eigenvalue weighted by molar-refractivity contribution is -0.153. The van der Waals surface area contributed by atoms with Crippen LogP contribution in [0.1, 0.15) is 112 Å². The lowest BCUT2D eigenvalue weighted by Gasteiger charge is -2.62. The highest BCUT2D eigenvalue weighted by Crippen LogP contribution is 2.70. The zero-order valence-corrected chi connectivity index (χ0v) is 21.8. The highest BCUT2D eigenvalue weighted by Gasteiger charge is 2.62. The van der Waals surface area contributed by atoms with Crippen molar-refractivity contribution in [1.82, 2.24) is 0 Å². The molecule has 1 N–H and O–H groups in total. The summed E-state index contributed by atoms with van der Waals surface area (Å²) in [6, 6.07) is 0. The van der Waals surface area contributed by atoms with Crippen LogP contribution in [0.2, 0.25) is 0 Å². The predicted molar refractivity (Wildman–Crippen MR) is 130 cm³/mol. The first-order chi connectivity index (χ1) is 15.1. The molecular weight excluding hydrogens is 396 g/mol. The number of methoxy groups -OCH3 is 1. The van der Waals surface area contributed by atoms with E-state index in [1.807, 2.05) is 0 Å². The van der Waals surface area contributed by atoms with Crippen molar-refractivity contribution in [3.8, 4) is 0 Å². The van der Waals surface area contributed by atoms with Crippen molar-refractivity contribution in [2.75, 3.05) is 7.11 Å². The van der Waals surface area contributed by atoms with E-state index in [0.717, 1.165) is 67.6 Å². The molecule has 0 heterocycles. The van der Waals surface area contributed by atoms with Gasteiger partial charge in [0, 0.05) is 6.42 Å². The van der Waals surface area contributed by atoms with Gasteiger partial charge in [-0.05, 0) is 123 Å². The van der Waals surface area contributed by atoms with E-state index in [1.54, 1.807) is 0 Å². The number of esters is 1. The third-order valence-corrected chi connectivity index (χ3v) is 11.8. The molecule has 0 saturated heterocycles. The van der Waals surface area contributed by atoms with Crippen molar-refractivity contribution in [3.63, 3.8) is 0 Å². The van der Waals surface area contributed by atoms with Gasteiger partial charge in [0.2, 0.25) is 0 Å². The van der Waals surface area contributed by atoms with E-state index in [4.69, 9.17) is 4.74 Å². The van der Waals surface area contributed by atoms with E-state index in [2.05, 4.69) is 34.6 Å². The second kappa shape index (κ2) is 8.90. The molecule has 0 aromatic rings. The largest absolute Gasteiger partial charge is 0.469 e. The Morgan fingerprint density at radius 2 is 1.84 bits per heavy atom. The van der Waals surface area contributed by atoms with E-state index >= 15 is 0 Å². The molecular formula is C29H50O3. The number of aliphatic hydroxyl groups is 1. The molecule has 4 saturated carbocycles. The maximum absolute atomic E-state index is 11.6. The zero-order valence-electron chi connectivity index (χ0n) is 21.8. The first-order valence-electron chi connectivity index (χ1n) is 13.9. The molecule has 184 valence electrons. The monoisotopic (exact) mass is 446 g/mol. The molecule has 0 unspecified atom stereocenters. The fourth-order valence-corrected chi connectivity index (χ4v) is 10.1. The molecule has 4 rings (SSSR count). The molecule has 0 spiro atoms. The summed E-state index contributed by atoms with van der Waals surface area (Å²) in [7, 11) is 1.50. The summed E-state index contributed by atoms with van der Waals surface area (Å²) in [6.45, 7) is 12.4. The molecule has 0 amide bonds.